The number of nitrogens with one attached hydrogen (secondary N) is 3. The molecule has 0 unspecified atom stereocenters. The molecule has 0 amide bonds. The van der Waals surface area contributed by atoms with Gasteiger partial charge in [-0.2, -0.15) is 5.10 Å². The maximum atomic E-state index is 5.99. The van der Waals surface area contributed by atoms with Crippen molar-refractivity contribution in [3.05, 3.63) is 67.3 Å². The summed E-state index contributed by atoms with van der Waals surface area (Å²) in [4.78, 5) is 21.9. The molecule has 1 aliphatic rings. The first-order valence-corrected chi connectivity index (χ1v) is 10.9. The van der Waals surface area contributed by atoms with E-state index in [0.29, 0.717) is 24.8 Å². The standard InChI is InChI=1S/C25H18N8O/c1-2-14-8-16(3-1)34-7-6-28-22-13-27-11-20(29-22)15-4-5-19-17(9-15)24(33-32-19)25-30-21-12-26-10-18(14)23(21)31-25/h1-5,8-13H,6-7H2,(H,28,29)(H,30,31)(H,32,33). The fourth-order valence-electron chi connectivity index (χ4n) is 4.30. The van der Waals surface area contributed by atoms with E-state index < -0.39 is 0 Å². The molecule has 0 aliphatic carbocycles. The van der Waals surface area contributed by atoms with Gasteiger partial charge in [0, 0.05) is 22.7 Å². The second-order valence-corrected chi connectivity index (χ2v) is 8.09. The molecule has 6 aromatic rings. The van der Waals surface area contributed by atoms with Crippen molar-refractivity contribution in [3.8, 4) is 39.7 Å². The van der Waals surface area contributed by atoms with Gasteiger partial charge in [-0.25, -0.2) is 9.97 Å². The van der Waals surface area contributed by atoms with Crippen LogP contribution in [0.5, 0.6) is 5.75 Å². The van der Waals surface area contributed by atoms with Gasteiger partial charge in [0.25, 0.3) is 0 Å². The molecule has 9 nitrogen and oxygen atoms in total. The zero-order valence-corrected chi connectivity index (χ0v) is 17.9. The van der Waals surface area contributed by atoms with Crippen LogP contribution in [-0.4, -0.2) is 48.3 Å². The Labute approximate surface area is 193 Å². The predicted octanol–water partition coefficient (Wildman–Crippen LogP) is 4.43. The highest BCUT2D eigenvalue weighted by molar-refractivity contribution is 5.98. The number of hydrogen-bond acceptors (Lipinski definition) is 7. The van der Waals surface area contributed by atoms with E-state index in [-0.39, 0.29) is 0 Å². The highest BCUT2D eigenvalue weighted by atomic mass is 16.5. The van der Waals surface area contributed by atoms with Crippen LogP contribution in [0.4, 0.5) is 5.82 Å². The lowest BCUT2D eigenvalue weighted by Gasteiger charge is -2.10. The minimum atomic E-state index is 0.481. The average Bonchev–Trinajstić information content (AvgIpc) is 3.50. The molecular formula is C25H18N8O. The summed E-state index contributed by atoms with van der Waals surface area (Å²) in [6.45, 7) is 1.07. The molecule has 164 valence electrons. The van der Waals surface area contributed by atoms with Crippen LogP contribution in [0, 0.1) is 0 Å². The first kappa shape index (κ1) is 18.8. The molecule has 0 saturated heterocycles. The summed E-state index contributed by atoms with van der Waals surface area (Å²) in [6, 6.07) is 14.0. The number of nitrogens with zero attached hydrogens (tertiary/aromatic N) is 5. The van der Waals surface area contributed by atoms with Gasteiger partial charge >= 0.3 is 0 Å². The smallest absolute Gasteiger partial charge is 0.159 e. The van der Waals surface area contributed by atoms with Gasteiger partial charge in [0.1, 0.15) is 23.9 Å². The fraction of sp³-hybridized carbons (Fsp3) is 0.0800. The number of ether oxygens (including phenoxy) is 1. The quantitative estimate of drug-likeness (QED) is 0.316. The van der Waals surface area contributed by atoms with Crippen molar-refractivity contribution in [2.24, 2.45) is 0 Å². The van der Waals surface area contributed by atoms with Gasteiger partial charge < -0.3 is 15.0 Å². The van der Waals surface area contributed by atoms with E-state index in [4.69, 9.17) is 14.7 Å². The van der Waals surface area contributed by atoms with Crippen LogP contribution in [0.25, 0.3) is 55.8 Å². The number of rotatable bonds is 0. The minimum absolute atomic E-state index is 0.481. The van der Waals surface area contributed by atoms with Gasteiger partial charge in [-0.1, -0.05) is 18.2 Å². The minimum Gasteiger partial charge on any atom is -0.492 e. The van der Waals surface area contributed by atoms with Crippen molar-refractivity contribution < 1.29 is 4.74 Å². The molecule has 3 N–H and O–H groups in total. The van der Waals surface area contributed by atoms with Crippen LogP contribution in [-0.2, 0) is 0 Å². The Hall–Kier alpha value is -4.79. The fourth-order valence-corrected chi connectivity index (χ4v) is 4.30. The molecule has 4 aromatic heterocycles. The van der Waals surface area contributed by atoms with Crippen molar-refractivity contribution in [2.45, 2.75) is 0 Å². The van der Waals surface area contributed by atoms with Crippen LogP contribution in [0.1, 0.15) is 0 Å². The largest absolute Gasteiger partial charge is 0.492 e. The van der Waals surface area contributed by atoms with E-state index in [9.17, 15) is 0 Å². The Morgan fingerprint density at radius 1 is 0.853 bits per heavy atom. The average molecular weight is 446 g/mol. The Morgan fingerprint density at radius 3 is 2.82 bits per heavy atom. The number of benzene rings is 2. The number of anilines is 1. The zero-order chi connectivity index (χ0) is 22.5. The predicted molar refractivity (Wildman–Crippen MR) is 129 cm³/mol. The summed E-state index contributed by atoms with van der Waals surface area (Å²) in [5, 5.41) is 11.9. The van der Waals surface area contributed by atoms with Gasteiger partial charge in [0.2, 0.25) is 0 Å². The number of fused-ring (bicyclic) bond motifs is 9. The molecule has 7 rings (SSSR count). The Bertz CT molecular complexity index is 1690. The summed E-state index contributed by atoms with van der Waals surface area (Å²) >= 11 is 0. The molecule has 0 radical (unpaired) electrons. The lowest BCUT2D eigenvalue weighted by Crippen LogP contribution is -2.12. The summed E-state index contributed by atoms with van der Waals surface area (Å²) in [6.07, 6.45) is 7.08. The molecule has 0 fully saturated rings. The maximum Gasteiger partial charge on any atom is 0.159 e. The van der Waals surface area contributed by atoms with E-state index in [1.807, 2.05) is 42.6 Å². The number of H-pyrrole nitrogens is 2. The number of aromatic amines is 2. The van der Waals surface area contributed by atoms with Gasteiger partial charge in [-0.15, -0.1) is 0 Å². The van der Waals surface area contributed by atoms with Crippen molar-refractivity contribution >= 4 is 27.8 Å². The maximum absolute atomic E-state index is 5.99. The topological polar surface area (TPSA) is 117 Å². The summed E-state index contributed by atoms with van der Waals surface area (Å²) < 4.78 is 5.99. The van der Waals surface area contributed by atoms with E-state index >= 15 is 0 Å². The highest BCUT2D eigenvalue weighted by Crippen LogP contribution is 2.33. The van der Waals surface area contributed by atoms with Crippen LogP contribution in [0.2, 0.25) is 0 Å². The third kappa shape index (κ3) is 3.06. The van der Waals surface area contributed by atoms with E-state index in [0.717, 1.165) is 55.8 Å². The molecular weight excluding hydrogens is 428 g/mol. The van der Waals surface area contributed by atoms with Gasteiger partial charge in [-0.3, -0.25) is 15.1 Å². The van der Waals surface area contributed by atoms with Crippen molar-refractivity contribution in [1.29, 1.82) is 0 Å². The zero-order valence-electron chi connectivity index (χ0n) is 17.9. The van der Waals surface area contributed by atoms with E-state index in [1.165, 1.54) is 0 Å². The third-order valence-corrected chi connectivity index (χ3v) is 5.93. The molecule has 2 aromatic carbocycles. The van der Waals surface area contributed by atoms with Crippen LogP contribution in [0.15, 0.2) is 67.3 Å². The number of pyridine rings is 1. The summed E-state index contributed by atoms with van der Waals surface area (Å²) in [5.41, 5.74) is 6.94. The molecule has 0 saturated carbocycles. The SMILES string of the molecule is c1cc2cc(c1)-c1cncc3[nH]c(nc13)-c1n[nH]c3ccc(cc13)-c1cncc(n1)NCCO2. The highest BCUT2D eigenvalue weighted by Gasteiger charge is 2.17. The first-order valence-electron chi connectivity index (χ1n) is 10.9. The summed E-state index contributed by atoms with van der Waals surface area (Å²) in [5.74, 6) is 2.14. The molecule has 9 heteroatoms. The molecule has 8 bridgehead atoms. The van der Waals surface area contributed by atoms with Crippen LogP contribution < -0.4 is 10.1 Å². The molecule has 1 aliphatic heterocycles. The third-order valence-electron chi connectivity index (χ3n) is 5.93. The second-order valence-electron chi connectivity index (χ2n) is 8.09. The lowest BCUT2D eigenvalue weighted by atomic mass is 10.1. The second kappa shape index (κ2) is 7.38. The normalized spacial score (nSPS) is 12.9. The lowest BCUT2D eigenvalue weighted by molar-refractivity contribution is 0.333. The number of aromatic nitrogens is 7. The number of imidazole rings is 1. The Morgan fingerprint density at radius 2 is 1.82 bits per heavy atom. The van der Waals surface area contributed by atoms with Gasteiger partial charge in [0.05, 0.1) is 47.4 Å². The van der Waals surface area contributed by atoms with Gasteiger partial charge in [-0.05, 0) is 29.8 Å². The summed E-state index contributed by atoms with van der Waals surface area (Å²) in [7, 11) is 0. The molecule has 0 spiro atoms. The van der Waals surface area contributed by atoms with Crippen LogP contribution in [0.3, 0.4) is 0 Å². The van der Waals surface area contributed by atoms with Crippen molar-refractivity contribution in [3.63, 3.8) is 0 Å². The van der Waals surface area contributed by atoms with Gasteiger partial charge in [0.15, 0.2) is 5.82 Å². The van der Waals surface area contributed by atoms with Crippen LogP contribution >= 0.6 is 0 Å². The van der Waals surface area contributed by atoms with Crippen molar-refractivity contribution in [2.75, 3.05) is 18.5 Å². The first-order chi connectivity index (χ1) is 16.8. The number of hydrogen-bond donors (Lipinski definition) is 3. The Kier molecular flexibility index (Phi) is 4.07. The Balaban J connectivity index is 1.47. The molecule has 0 atom stereocenters. The van der Waals surface area contributed by atoms with E-state index in [1.54, 1.807) is 18.6 Å². The molecule has 5 heterocycles. The monoisotopic (exact) mass is 446 g/mol. The van der Waals surface area contributed by atoms with Crippen molar-refractivity contribution in [1.82, 2.24) is 35.1 Å². The van der Waals surface area contributed by atoms with E-state index in [2.05, 4.69) is 36.5 Å². The molecule has 34 heavy (non-hydrogen) atoms.